The first-order valence-corrected chi connectivity index (χ1v) is 9.89. The molecule has 1 fully saturated rings. The number of hydrogen-bond acceptors (Lipinski definition) is 4. The summed E-state index contributed by atoms with van der Waals surface area (Å²) in [6.07, 6.45) is 8.17. The number of ether oxygens (including phenoxy) is 1. The first kappa shape index (κ1) is 17.9. The molecule has 1 aliphatic rings. The molecule has 0 saturated heterocycles. The van der Waals surface area contributed by atoms with Crippen molar-refractivity contribution in [3.63, 3.8) is 0 Å². The van der Waals surface area contributed by atoms with Gasteiger partial charge in [0, 0.05) is 16.9 Å². The number of anilines is 1. The van der Waals surface area contributed by atoms with Gasteiger partial charge in [-0.15, -0.1) is 11.3 Å². The van der Waals surface area contributed by atoms with Crippen LogP contribution in [0.15, 0.2) is 24.3 Å². The maximum Gasteiger partial charge on any atom is 0.226 e. The number of amides is 1. The third-order valence-electron chi connectivity index (χ3n) is 4.91. The highest BCUT2D eigenvalue weighted by atomic mass is 32.1. The van der Waals surface area contributed by atoms with Gasteiger partial charge in [0.05, 0.1) is 12.8 Å². The van der Waals surface area contributed by atoms with Crippen molar-refractivity contribution in [2.24, 2.45) is 5.92 Å². The molecule has 0 bridgehead atoms. The van der Waals surface area contributed by atoms with Gasteiger partial charge in [0.25, 0.3) is 0 Å². The molecule has 1 saturated carbocycles. The third kappa shape index (κ3) is 4.82. The number of aryl methyl sites for hydroxylation is 1. The lowest BCUT2D eigenvalue weighted by molar-refractivity contribution is -0.116. The summed E-state index contributed by atoms with van der Waals surface area (Å²) in [4.78, 5) is 18.0. The van der Waals surface area contributed by atoms with Gasteiger partial charge >= 0.3 is 0 Å². The van der Waals surface area contributed by atoms with Gasteiger partial charge in [-0.25, -0.2) is 4.98 Å². The van der Waals surface area contributed by atoms with E-state index in [4.69, 9.17) is 4.74 Å². The van der Waals surface area contributed by atoms with Crippen LogP contribution in [0.3, 0.4) is 0 Å². The second-order valence-electron chi connectivity index (χ2n) is 6.74. The van der Waals surface area contributed by atoms with Crippen LogP contribution in [0.1, 0.15) is 49.8 Å². The zero-order chi connectivity index (χ0) is 17.6. The maximum absolute atomic E-state index is 12.2. The van der Waals surface area contributed by atoms with Crippen molar-refractivity contribution in [2.45, 2.75) is 51.9 Å². The highest BCUT2D eigenvalue weighted by Crippen LogP contribution is 2.32. The van der Waals surface area contributed by atoms with Crippen LogP contribution in [0.25, 0.3) is 11.3 Å². The van der Waals surface area contributed by atoms with Gasteiger partial charge in [-0.05, 0) is 43.5 Å². The highest BCUT2D eigenvalue weighted by Gasteiger charge is 2.16. The molecule has 5 heteroatoms. The Bertz CT molecular complexity index is 703. The van der Waals surface area contributed by atoms with Crippen molar-refractivity contribution in [1.82, 2.24) is 4.98 Å². The number of rotatable bonds is 6. The molecule has 1 aromatic heterocycles. The van der Waals surface area contributed by atoms with Crippen LogP contribution in [0.2, 0.25) is 0 Å². The van der Waals surface area contributed by atoms with Crippen LogP contribution in [0, 0.1) is 12.8 Å². The number of benzene rings is 1. The number of carbonyl (C=O) groups excluding carboxylic acids is 1. The van der Waals surface area contributed by atoms with E-state index >= 15 is 0 Å². The molecule has 1 aromatic carbocycles. The van der Waals surface area contributed by atoms with Crippen LogP contribution in [-0.4, -0.2) is 18.0 Å². The molecule has 1 amide bonds. The van der Waals surface area contributed by atoms with E-state index < -0.39 is 0 Å². The molecule has 0 spiro atoms. The summed E-state index contributed by atoms with van der Waals surface area (Å²) >= 11 is 1.53. The lowest BCUT2D eigenvalue weighted by Gasteiger charge is -2.20. The first-order valence-electron chi connectivity index (χ1n) is 9.07. The summed E-state index contributed by atoms with van der Waals surface area (Å²) in [6, 6.07) is 7.85. The number of methoxy groups -OCH3 is 1. The predicted molar refractivity (Wildman–Crippen MR) is 103 cm³/mol. The van der Waals surface area contributed by atoms with E-state index in [2.05, 4.69) is 10.3 Å². The molecule has 0 unspecified atom stereocenters. The lowest BCUT2D eigenvalue weighted by Crippen LogP contribution is -2.14. The summed E-state index contributed by atoms with van der Waals surface area (Å²) in [5, 5.41) is 3.67. The second-order valence-corrected chi connectivity index (χ2v) is 7.95. The van der Waals surface area contributed by atoms with Gasteiger partial charge in [0.15, 0.2) is 5.13 Å². The fourth-order valence-corrected chi connectivity index (χ4v) is 4.31. The summed E-state index contributed by atoms with van der Waals surface area (Å²) in [7, 11) is 1.66. The van der Waals surface area contributed by atoms with Crippen molar-refractivity contribution in [2.75, 3.05) is 12.4 Å². The number of thiazole rings is 1. The van der Waals surface area contributed by atoms with Crippen molar-refractivity contribution < 1.29 is 9.53 Å². The van der Waals surface area contributed by atoms with E-state index in [9.17, 15) is 4.79 Å². The molecule has 25 heavy (non-hydrogen) atoms. The Morgan fingerprint density at radius 3 is 2.64 bits per heavy atom. The summed E-state index contributed by atoms with van der Waals surface area (Å²) in [6.45, 7) is 2.04. The number of hydrogen-bond donors (Lipinski definition) is 1. The number of nitrogens with one attached hydrogen (secondary N) is 1. The second kappa shape index (κ2) is 8.48. The lowest BCUT2D eigenvalue weighted by atomic mass is 9.86. The van der Waals surface area contributed by atoms with Crippen LogP contribution < -0.4 is 10.1 Å². The van der Waals surface area contributed by atoms with Crippen LogP contribution in [-0.2, 0) is 4.79 Å². The van der Waals surface area contributed by atoms with Gasteiger partial charge in [-0.1, -0.05) is 32.1 Å². The number of carbonyl (C=O) groups is 1. The Morgan fingerprint density at radius 1 is 1.24 bits per heavy atom. The van der Waals surface area contributed by atoms with E-state index in [-0.39, 0.29) is 5.91 Å². The Hall–Kier alpha value is -1.88. The largest absolute Gasteiger partial charge is 0.497 e. The van der Waals surface area contributed by atoms with Gasteiger partial charge < -0.3 is 10.1 Å². The number of nitrogens with zero attached hydrogens (tertiary/aromatic N) is 1. The minimum Gasteiger partial charge on any atom is -0.497 e. The third-order valence-corrected chi connectivity index (χ3v) is 5.80. The summed E-state index contributed by atoms with van der Waals surface area (Å²) in [5.41, 5.74) is 1.97. The molecule has 134 valence electrons. The Kier molecular flexibility index (Phi) is 6.08. The van der Waals surface area contributed by atoms with E-state index in [1.807, 2.05) is 31.2 Å². The van der Waals surface area contributed by atoms with E-state index in [0.29, 0.717) is 11.6 Å². The smallest absolute Gasteiger partial charge is 0.226 e. The predicted octanol–water partition coefficient (Wildman–Crippen LogP) is 5.43. The summed E-state index contributed by atoms with van der Waals surface area (Å²) in [5.74, 6) is 1.64. The van der Waals surface area contributed by atoms with Gasteiger partial charge in [0.2, 0.25) is 5.91 Å². The molecular weight excluding hydrogens is 332 g/mol. The normalized spacial score (nSPS) is 15.1. The fraction of sp³-hybridized carbons (Fsp3) is 0.500. The Balaban J connectivity index is 1.58. The van der Waals surface area contributed by atoms with Crippen LogP contribution in [0.5, 0.6) is 5.75 Å². The zero-order valence-electron chi connectivity index (χ0n) is 15.0. The summed E-state index contributed by atoms with van der Waals surface area (Å²) < 4.78 is 5.20. The monoisotopic (exact) mass is 358 g/mol. The average molecular weight is 359 g/mol. The van der Waals surface area contributed by atoms with Crippen LogP contribution >= 0.6 is 11.3 Å². The number of aromatic nitrogens is 1. The van der Waals surface area contributed by atoms with Gasteiger partial charge in [-0.2, -0.15) is 0 Å². The van der Waals surface area contributed by atoms with Crippen molar-refractivity contribution in [3.8, 4) is 17.0 Å². The zero-order valence-corrected chi connectivity index (χ0v) is 15.8. The highest BCUT2D eigenvalue weighted by molar-refractivity contribution is 7.16. The van der Waals surface area contributed by atoms with E-state index in [1.165, 1.54) is 43.4 Å². The minimum absolute atomic E-state index is 0.0839. The molecule has 0 radical (unpaired) electrons. The van der Waals surface area contributed by atoms with Crippen molar-refractivity contribution in [3.05, 3.63) is 29.1 Å². The molecule has 3 rings (SSSR count). The quantitative estimate of drug-likeness (QED) is 0.749. The fourth-order valence-electron chi connectivity index (χ4n) is 3.46. The van der Waals surface area contributed by atoms with Crippen molar-refractivity contribution in [1.29, 1.82) is 0 Å². The molecule has 4 nitrogen and oxygen atoms in total. The van der Waals surface area contributed by atoms with Crippen LogP contribution in [0.4, 0.5) is 5.13 Å². The van der Waals surface area contributed by atoms with Crippen molar-refractivity contribution >= 4 is 22.4 Å². The Labute approximate surface area is 153 Å². The van der Waals surface area contributed by atoms with E-state index in [0.717, 1.165) is 34.2 Å². The van der Waals surface area contributed by atoms with E-state index in [1.54, 1.807) is 7.11 Å². The topological polar surface area (TPSA) is 51.2 Å². The molecule has 0 atom stereocenters. The first-order chi connectivity index (χ1) is 12.2. The SMILES string of the molecule is COc1ccc(-c2nc(NC(=O)CCC3CCCCC3)sc2C)cc1. The van der Waals surface area contributed by atoms with Gasteiger partial charge in [0.1, 0.15) is 5.75 Å². The minimum atomic E-state index is 0.0839. The molecule has 1 N–H and O–H groups in total. The molecular formula is C20H26N2O2S. The molecule has 2 aromatic rings. The van der Waals surface area contributed by atoms with Gasteiger partial charge in [-0.3, -0.25) is 4.79 Å². The standard InChI is InChI=1S/C20H26N2O2S/c1-14-19(16-9-11-17(24-2)12-10-16)22-20(25-14)21-18(23)13-8-15-6-4-3-5-7-15/h9-12,15H,3-8,13H2,1-2H3,(H,21,22,23). The average Bonchev–Trinajstić information content (AvgIpc) is 3.01. The molecule has 1 aliphatic carbocycles. The Morgan fingerprint density at radius 2 is 1.96 bits per heavy atom. The maximum atomic E-state index is 12.2. The molecule has 0 aliphatic heterocycles. The molecule has 1 heterocycles.